The number of carbonyl (C=O) groups is 1. The zero-order valence-electron chi connectivity index (χ0n) is 17.9. The molecule has 2 aromatic carbocycles. The van der Waals surface area contributed by atoms with Gasteiger partial charge < -0.3 is 10.2 Å². The van der Waals surface area contributed by atoms with E-state index in [9.17, 15) is 4.79 Å². The van der Waals surface area contributed by atoms with Crippen LogP contribution in [0.15, 0.2) is 54.6 Å². The highest BCUT2D eigenvalue weighted by Crippen LogP contribution is 2.25. The maximum Gasteiger partial charge on any atom is 0.229 e. The van der Waals surface area contributed by atoms with Crippen molar-refractivity contribution in [3.8, 4) is 11.3 Å². The summed E-state index contributed by atoms with van der Waals surface area (Å²) < 4.78 is 0. The maximum absolute atomic E-state index is 12.9. The number of carbonyl (C=O) groups excluding carboxylic acids is 1. The van der Waals surface area contributed by atoms with E-state index >= 15 is 0 Å². The fourth-order valence-electron chi connectivity index (χ4n) is 4.04. The molecule has 1 saturated heterocycles. The predicted molar refractivity (Wildman–Crippen MR) is 122 cm³/mol. The number of aryl methyl sites for hydroxylation is 3. The Bertz CT molecular complexity index is 1050. The Hall–Kier alpha value is -3.21. The smallest absolute Gasteiger partial charge is 0.229 e. The number of nitrogens with zero attached hydrogens (tertiary/aromatic N) is 3. The monoisotopic (exact) mass is 400 g/mol. The van der Waals surface area contributed by atoms with Crippen molar-refractivity contribution in [1.82, 2.24) is 10.2 Å². The van der Waals surface area contributed by atoms with E-state index in [-0.39, 0.29) is 11.8 Å². The van der Waals surface area contributed by atoms with Crippen LogP contribution in [0.25, 0.3) is 11.3 Å². The van der Waals surface area contributed by atoms with E-state index in [0.29, 0.717) is 6.54 Å². The van der Waals surface area contributed by atoms with Crippen molar-refractivity contribution in [1.29, 1.82) is 0 Å². The average Bonchev–Trinajstić information content (AvgIpc) is 2.76. The summed E-state index contributed by atoms with van der Waals surface area (Å²) in [5.74, 6) is 0.851. The van der Waals surface area contributed by atoms with Crippen LogP contribution in [0, 0.1) is 26.7 Å². The number of aromatic nitrogens is 2. The molecule has 3 aromatic rings. The van der Waals surface area contributed by atoms with Crippen LogP contribution in [0.2, 0.25) is 0 Å². The van der Waals surface area contributed by atoms with E-state index < -0.39 is 0 Å². The summed E-state index contributed by atoms with van der Waals surface area (Å²) in [5.41, 5.74) is 6.31. The molecule has 1 aliphatic heterocycles. The standard InChI is InChI=1S/C25H28N4O/c1-17-6-4-7-20(15-17)23-11-12-24(28-27-23)29-13-5-8-21(16-29)25(30)26-22-10-9-18(2)14-19(22)3/h4,6-7,9-12,14-15,21H,5,8,13,16H2,1-3H3,(H,26,30)/t21-/m1/s1. The number of hydrogen-bond acceptors (Lipinski definition) is 4. The summed E-state index contributed by atoms with van der Waals surface area (Å²) >= 11 is 0. The van der Waals surface area contributed by atoms with Crippen LogP contribution in [-0.2, 0) is 4.79 Å². The second kappa shape index (κ2) is 8.66. The molecule has 0 bridgehead atoms. The minimum atomic E-state index is -0.0577. The van der Waals surface area contributed by atoms with Gasteiger partial charge in [0.25, 0.3) is 0 Å². The quantitative estimate of drug-likeness (QED) is 0.675. The molecular weight excluding hydrogens is 372 g/mol. The molecule has 5 nitrogen and oxygen atoms in total. The molecular formula is C25H28N4O. The number of benzene rings is 2. The second-order valence-electron chi connectivity index (χ2n) is 8.24. The molecule has 5 heteroatoms. The molecule has 1 amide bonds. The molecule has 0 aliphatic carbocycles. The minimum absolute atomic E-state index is 0.0577. The SMILES string of the molecule is Cc1cccc(-c2ccc(N3CCC[C@@H](C(=O)Nc4ccc(C)cc4C)C3)nn2)c1. The molecule has 1 atom stereocenters. The number of anilines is 2. The third kappa shape index (κ3) is 4.51. The molecule has 2 heterocycles. The minimum Gasteiger partial charge on any atom is -0.354 e. The van der Waals surface area contributed by atoms with Crippen molar-refractivity contribution in [2.75, 3.05) is 23.3 Å². The van der Waals surface area contributed by atoms with Crippen LogP contribution in [0.3, 0.4) is 0 Å². The highest BCUT2D eigenvalue weighted by molar-refractivity contribution is 5.93. The zero-order chi connectivity index (χ0) is 21.1. The van der Waals surface area contributed by atoms with E-state index in [2.05, 4.69) is 52.5 Å². The second-order valence-corrected chi connectivity index (χ2v) is 8.24. The first-order valence-electron chi connectivity index (χ1n) is 10.5. The fraction of sp³-hybridized carbons (Fsp3) is 0.320. The van der Waals surface area contributed by atoms with Gasteiger partial charge in [-0.15, -0.1) is 10.2 Å². The van der Waals surface area contributed by atoms with E-state index in [1.807, 2.05) is 43.3 Å². The van der Waals surface area contributed by atoms with Crippen molar-refractivity contribution >= 4 is 17.4 Å². The molecule has 0 radical (unpaired) electrons. The van der Waals surface area contributed by atoms with Crippen molar-refractivity contribution in [3.05, 3.63) is 71.3 Å². The van der Waals surface area contributed by atoms with Gasteiger partial charge in [-0.1, -0.05) is 41.5 Å². The van der Waals surface area contributed by atoms with Crippen LogP contribution in [-0.4, -0.2) is 29.2 Å². The molecule has 0 saturated carbocycles. The van der Waals surface area contributed by atoms with E-state index in [0.717, 1.165) is 47.7 Å². The van der Waals surface area contributed by atoms with Gasteiger partial charge in [0, 0.05) is 24.3 Å². The van der Waals surface area contributed by atoms with Crippen molar-refractivity contribution in [2.45, 2.75) is 33.6 Å². The Morgan fingerprint density at radius 1 is 1.00 bits per heavy atom. The van der Waals surface area contributed by atoms with Gasteiger partial charge >= 0.3 is 0 Å². The van der Waals surface area contributed by atoms with Gasteiger partial charge in [0.15, 0.2) is 5.82 Å². The summed E-state index contributed by atoms with van der Waals surface area (Å²) in [4.78, 5) is 15.0. The highest BCUT2D eigenvalue weighted by Gasteiger charge is 2.27. The zero-order valence-corrected chi connectivity index (χ0v) is 17.9. The molecule has 1 fully saturated rings. The first-order valence-corrected chi connectivity index (χ1v) is 10.5. The molecule has 4 rings (SSSR count). The van der Waals surface area contributed by atoms with Gasteiger partial charge in [0.2, 0.25) is 5.91 Å². The molecule has 1 aliphatic rings. The molecule has 0 spiro atoms. The summed E-state index contributed by atoms with van der Waals surface area (Å²) in [6, 6.07) is 18.4. The van der Waals surface area contributed by atoms with Gasteiger partial charge in [-0.05, 0) is 63.4 Å². The van der Waals surface area contributed by atoms with Crippen LogP contribution in [0.1, 0.15) is 29.5 Å². The van der Waals surface area contributed by atoms with Crippen molar-refractivity contribution in [3.63, 3.8) is 0 Å². The first-order chi connectivity index (χ1) is 14.5. The summed E-state index contributed by atoms with van der Waals surface area (Å²) in [7, 11) is 0. The first kappa shape index (κ1) is 20.1. The molecule has 154 valence electrons. The lowest BCUT2D eigenvalue weighted by Crippen LogP contribution is -2.41. The Labute approximate surface area is 178 Å². The highest BCUT2D eigenvalue weighted by atomic mass is 16.1. The predicted octanol–water partition coefficient (Wildman–Crippen LogP) is 4.92. The fourth-order valence-corrected chi connectivity index (χ4v) is 4.04. The summed E-state index contributed by atoms with van der Waals surface area (Å²) in [6.07, 6.45) is 1.86. The lowest BCUT2D eigenvalue weighted by molar-refractivity contribution is -0.120. The number of rotatable bonds is 4. The Morgan fingerprint density at radius 3 is 2.57 bits per heavy atom. The summed E-state index contributed by atoms with van der Waals surface area (Å²) in [6.45, 7) is 7.72. The van der Waals surface area contributed by atoms with Crippen LogP contribution in [0.4, 0.5) is 11.5 Å². The third-order valence-corrected chi connectivity index (χ3v) is 5.72. The van der Waals surface area contributed by atoms with E-state index in [1.165, 1.54) is 11.1 Å². The Morgan fingerprint density at radius 2 is 1.83 bits per heavy atom. The van der Waals surface area contributed by atoms with E-state index in [1.54, 1.807) is 0 Å². The van der Waals surface area contributed by atoms with Gasteiger partial charge in [0.1, 0.15) is 0 Å². The van der Waals surface area contributed by atoms with Crippen LogP contribution < -0.4 is 10.2 Å². The lowest BCUT2D eigenvalue weighted by atomic mass is 9.96. The third-order valence-electron chi connectivity index (χ3n) is 5.72. The van der Waals surface area contributed by atoms with Crippen molar-refractivity contribution < 1.29 is 4.79 Å². The molecule has 1 aromatic heterocycles. The average molecular weight is 401 g/mol. The molecule has 0 unspecified atom stereocenters. The van der Waals surface area contributed by atoms with E-state index in [4.69, 9.17) is 0 Å². The van der Waals surface area contributed by atoms with Crippen molar-refractivity contribution in [2.24, 2.45) is 5.92 Å². The van der Waals surface area contributed by atoms with Gasteiger partial charge in [0.05, 0.1) is 11.6 Å². The largest absolute Gasteiger partial charge is 0.354 e. The van der Waals surface area contributed by atoms with Gasteiger partial charge in [-0.2, -0.15) is 0 Å². The summed E-state index contributed by atoms with van der Waals surface area (Å²) in [5, 5.41) is 12.0. The molecule has 1 N–H and O–H groups in total. The number of nitrogens with one attached hydrogen (secondary N) is 1. The van der Waals surface area contributed by atoms with Crippen LogP contribution >= 0.6 is 0 Å². The number of hydrogen-bond donors (Lipinski definition) is 1. The number of amides is 1. The van der Waals surface area contributed by atoms with Gasteiger partial charge in [-0.3, -0.25) is 4.79 Å². The van der Waals surface area contributed by atoms with Gasteiger partial charge in [-0.25, -0.2) is 0 Å². The lowest BCUT2D eigenvalue weighted by Gasteiger charge is -2.32. The van der Waals surface area contributed by atoms with Crippen LogP contribution in [0.5, 0.6) is 0 Å². The Kier molecular flexibility index (Phi) is 5.79. The maximum atomic E-state index is 12.9. The molecule has 30 heavy (non-hydrogen) atoms. The Balaban J connectivity index is 1.44. The topological polar surface area (TPSA) is 58.1 Å². The number of piperidine rings is 1. The normalized spacial score (nSPS) is 16.4.